The number of carbonyl (C=O) groups is 1. The van der Waals surface area contributed by atoms with Crippen LogP contribution in [0.2, 0.25) is 0 Å². The largest absolute Gasteiger partial charge is 0.465 e. The van der Waals surface area contributed by atoms with Crippen molar-refractivity contribution in [3.05, 3.63) is 23.9 Å². The Kier molecular flexibility index (Phi) is 5.04. The number of fused-ring (bicyclic) bond motifs is 1. The van der Waals surface area contributed by atoms with Crippen molar-refractivity contribution in [3.8, 4) is 0 Å². The zero-order valence-corrected chi connectivity index (χ0v) is 16.7. The van der Waals surface area contributed by atoms with E-state index in [1.165, 1.54) is 49.1 Å². The van der Waals surface area contributed by atoms with Crippen molar-refractivity contribution >= 4 is 11.9 Å². The normalized spacial score (nSPS) is 30.7. The average Bonchev–Trinajstić information content (AvgIpc) is 2.68. The van der Waals surface area contributed by atoms with Gasteiger partial charge in [-0.25, -0.2) is 9.78 Å². The topological polar surface area (TPSA) is 56.7 Å². The minimum absolute atomic E-state index is 0.465. The van der Waals surface area contributed by atoms with Gasteiger partial charge in [-0.3, -0.25) is 0 Å². The maximum absolute atomic E-state index is 11.1. The van der Waals surface area contributed by atoms with Gasteiger partial charge in [0.25, 0.3) is 0 Å². The molecule has 1 amide bonds. The predicted molar refractivity (Wildman–Crippen MR) is 107 cm³/mol. The summed E-state index contributed by atoms with van der Waals surface area (Å²) in [5.41, 5.74) is 1.71. The van der Waals surface area contributed by atoms with E-state index < -0.39 is 6.09 Å². The third-order valence-electron chi connectivity index (χ3n) is 7.44. The second kappa shape index (κ2) is 7.33. The van der Waals surface area contributed by atoms with Crippen molar-refractivity contribution in [2.75, 3.05) is 31.1 Å². The van der Waals surface area contributed by atoms with E-state index in [2.05, 4.69) is 36.9 Å². The van der Waals surface area contributed by atoms with Gasteiger partial charge < -0.3 is 14.9 Å². The number of pyridine rings is 1. The Labute approximate surface area is 162 Å². The Morgan fingerprint density at radius 2 is 1.93 bits per heavy atom. The first-order valence-electron chi connectivity index (χ1n) is 10.6. The van der Waals surface area contributed by atoms with E-state index in [4.69, 9.17) is 10.1 Å². The van der Waals surface area contributed by atoms with Crippen molar-refractivity contribution < 1.29 is 9.90 Å². The first kappa shape index (κ1) is 18.6. The molecule has 0 aromatic carbocycles. The SMILES string of the molecule is CC1(C)CCCC2CCC(c3cccc(N4CCN(C(=O)O)CC4)n3)CC21. The standard InChI is InChI=1S/C22H33N3O2/c1-22(2)10-4-5-16-8-9-17(15-18(16)22)19-6-3-7-20(23-19)24-11-13-25(14-12-24)21(26)27/h3,6-7,16-18H,4-5,8-15H2,1-2H3,(H,26,27). The highest BCUT2D eigenvalue weighted by Gasteiger charge is 2.42. The van der Waals surface area contributed by atoms with E-state index in [0.717, 1.165) is 30.7 Å². The van der Waals surface area contributed by atoms with Gasteiger partial charge in [0.2, 0.25) is 0 Å². The third kappa shape index (κ3) is 3.78. The van der Waals surface area contributed by atoms with Crippen LogP contribution in [0.25, 0.3) is 0 Å². The fraction of sp³-hybridized carbons (Fsp3) is 0.727. The van der Waals surface area contributed by atoms with E-state index in [0.29, 0.717) is 24.4 Å². The summed E-state index contributed by atoms with van der Waals surface area (Å²) >= 11 is 0. The molecule has 2 heterocycles. The number of amides is 1. The highest BCUT2D eigenvalue weighted by Crippen LogP contribution is 2.53. The molecular formula is C22H33N3O2. The number of aromatic nitrogens is 1. The quantitative estimate of drug-likeness (QED) is 0.826. The molecule has 5 heteroatoms. The van der Waals surface area contributed by atoms with Crippen LogP contribution >= 0.6 is 0 Å². The van der Waals surface area contributed by atoms with Gasteiger partial charge >= 0.3 is 6.09 Å². The smallest absolute Gasteiger partial charge is 0.407 e. The molecule has 1 saturated heterocycles. The van der Waals surface area contributed by atoms with Crippen LogP contribution in [0, 0.1) is 17.3 Å². The van der Waals surface area contributed by atoms with E-state index in [9.17, 15) is 4.79 Å². The van der Waals surface area contributed by atoms with E-state index in [-0.39, 0.29) is 0 Å². The highest BCUT2D eigenvalue weighted by atomic mass is 16.4. The first-order chi connectivity index (χ1) is 12.9. The second-order valence-corrected chi connectivity index (χ2v) is 9.43. The van der Waals surface area contributed by atoms with E-state index in [1.807, 2.05) is 0 Å². The van der Waals surface area contributed by atoms with Crippen molar-refractivity contribution in [2.45, 2.75) is 58.3 Å². The number of piperazine rings is 1. The second-order valence-electron chi connectivity index (χ2n) is 9.43. The van der Waals surface area contributed by atoms with Gasteiger partial charge in [-0.15, -0.1) is 0 Å². The zero-order chi connectivity index (χ0) is 19.0. The van der Waals surface area contributed by atoms with Crippen molar-refractivity contribution in [1.29, 1.82) is 0 Å². The van der Waals surface area contributed by atoms with Gasteiger partial charge in [0.05, 0.1) is 0 Å². The fourth-order valence-electron chi connectivity index (χ4n) is 5.78. The Balaban J connectivity index is 1.46. The van der Waals surface area contributed by atoms with Gasteiger partial charge in [-0.05, 0) is 55.1 Å². The predicted octanol–water partition coefficient (Wildman–Crippen LogP) is 4.59. The summed E-state index contributed by atoms with van der Waals surface area (Å²) in [5, 5.41) is 9.14. The van der Waals surface area contributed by atoms with Crippen molar-refractivity contribution in [1.82, 2.24) is 9.88 Å². The van der Waals surface area contributed by atoms with Gasteiger partial charge in [0, 0.05) is 37.8 Å². The molecule has 1 aromatic rings. The van der Waals surface area contributed by atoms with E-state index >= 15 is 0 Å². The zero-order valence-electron chi connectivity index (χ0n) is 16.7. The molecule has 3 aliphatic rings. The van der Waals surface area contributed by atoms with Crippen LogP contribution in [0.15, 0.2) is 18.2 Å². The number of hydrogen-bond donors (Lipinski definition) is 1. The van der Waals surface area contributed by atoms with Crippen molar-refractivity contribution in [3.63, 3.8) is 0 Å². The number of carboxylic acid groups (broad SMARTS) is 1. The lowest BCUT2D eigenvalue weighted by atomic mass is 9.57. The van der Waals surface area contributed by atoms with Gasteiger partial charge in [0.1, 0.15) is 5.82 Å². The lowest BCUT2D eigenvalue weighted by Crippen LogP contribution is -2.48. The summed E-state index contributed by atoms with van der Waals surface area (Å²) in [7, 11) is 0. The molecule has 2 saturated carbocycles. The first-order valence-corrected chi connectivity index (χ1v) is 10.6. The monoisotopic (exact) mass is 371 g/mol. The van der Waals surface area contributed by atoms with Gasteiger partial charge in [-0.2, -0.15) is 0 Å². The lowest BCUT2D eigenvalue weighted by Gasteiger charge is -2.49. The summed E-state index contributed by atoms with van der Waals surface area (Å²) in [6.45, 7) is 7.51. The van der Waals surface area contributed by atoms with Gasteiger partial charge in [-0.1, -0.05) is 32.8 Å². The summed E-state index contributed by atoms with van der Waals surface area (Å²) in [5.74, 6) is 3.33. The molecule has 1 aromatic heterocycles. The summed E-state index contributed by atoms with van der Waals surface area (Å²) < 4.78 is 0. The molecule has 0 bridgehead atoms. The van der Waals surface area contributed by atoms with Crippen LogP contribution in [0.4, 0.5) is 10.6 Å². The molecule has 148 valence electrons. The minimum Gasteiger partial charge on any atom is -0.465 e. The molecule has 2 aliphatic carbocycles. The number of anilines is 1. The lowest BCUT2D eigenvalue weighted by molar-refractivity contribution is 0.0316. The van der Waals surface area contributed by atoms with Gasteiger partial charge in [0.15, 0.2) is 0 Å². The molecule has 3 atom stereocenters. The van der Waals surface area contributed by atoms with E-state index in [1.54, 1.807) is 0 Å². The highest BCUT2D eigenvalue weighted by molar-refractivity contribution is 5.65. The maximum atomic E-state index is 11.1. The molecule has 0 spiro atoms. The number of nitrogens with zero attached hydrogens (tertiary/aromatic N) is 3. The molecule has 27 heavy (non-hydrogen) atoms. The van der Waals surface area contributed by atoms with Crippen LogP contribution in [0.5, 0.6) is 0 Å². The average molecular weight is 372 g/mol. The fourth-order valence-corrected chi connectivity index (χ4v) is 5.78. The Morgan fingerprint density at radius 3 is 2.67 bits per heavy atom. The third-order valence-corrected chi connectivity index (χ3v) is 7.44. The van der Waals surface area contributed by atoms with Crippen LogP contribution < -0.4 is 4.90 Å². The Hall–Kier alpha value is -1.78. The van der Waals surface area contributed by atoms with Crippen molar-refractivity contribution in [2.24, 2.45) is 17.3 Å². The Bertz CT molecular complexity index is 682. The molecule has 5 nitrogen and oxygen atoms in total. The number of rotatable bonds is 2. The van der Waals surface area contributed by atoms with Crippen LogP contribution in [0.1, 0.15) is 64.0 Å². The maximum Gasteiger partial charge on any atom is 0.407 e. The number of hydrogen-bond acceptors (Lipinski definition) is 3. The summed E-state index contributed by atoms with van der Waals surface area (Å²) in [6.07, 6.45) is 7.26. The molecule has 1 aliphatic heterocycles. The molecule has 3 fully saturated rings. The minimum atomic E-state index is -0.816. The molecule has 4 rings (SSSR count). The van der Waals surface area contributed by atoms with Crippen LogP contribution in [-0.2, 0) is 0 Å². The molecule has 1 N–H and O–H groups in total. The molecule has 3 unspecified atom stereocenters. The van der Waals surface area contributed by atoms with Crippen LogP contribution in [0.3, 0.4) is 0 Å². The summed E-state index contributed by atoms with van der Waals surface area (Å²) in [6, 6.07) is 6.42. The molecule has 0 radical (unpaired) electrons. The molecular weight excluding hydrogens is 338 g/mol. The van der Waals surface area contributed by atoms with Crippen LogP contribution in [-0.4, -0.2) is 47.3 Å². The Morgan fingerprint density at radius 1 is 1.15 bits per heavy atom. The summed E-state index contributed by atoms with van der Waals surface area (Å²) in [4.78, 5) is 19.9.